The number of likely N-dealkylation sites (tertiary alicyclic amines) is 1. The molecular formula is C25H30N2O3. The van der Waals surface area contributed by atoms with E-state index >= 15 is 0 Å². The first kappa shape index (κ1) is 20.5. The molecule has 0 atom stereocenters. The molecule has 0 N–H and O–H groups in total. The zero-order chi connectivity index (χ0) is 20.9. The molecule has 2 aliphatic heterocycles. The second kappa shape index (κ2) is 9.33. The Bertz CT molecular complexity index is 886. The molecule has 0 saturated carbocycles. The van der Waals surface area contributed by atoms with Crippen molar-refractivity contribution in [2.45, 2.75) is 39.0 Å². The lowest BCUT2D eigenvalue weighted by Crippen LogP contribution is -2.43. The van der Waals surface area contributed by atoms with Crippen molar-refractivity contribution in [1.29, 1.82) is 0 Å². The summed E-state index contributed by atoms with van der Waals surface area (Å²) in [5, 5.41) is 0. The van der Waals surface area contributed by atoms with Crippen LogP contribution in [0.1, 0.15) is 36.8 Å². The maximum atomic E-state index is 12.7. The van der Waals surface area contributed by atoms with Gasteiger partial charge in [0.2, 0.25) is 5.91 Å². The van der Waals surface area contributed by atoms with Crippen molar-refractivity contribution in [2.24, 2.45) is 5.92 Å². The number of carbonyl (C=O) groups excluding carboxylic acids is 2. The number of carbonyl (C=O) groups is 2. The molecule has 4 rings (SSSR count). The average molecular weight is 407 g/mol. The van der Waals surface area contributed by atoms with Crippen LogP contribution >= 0.6 is 0 Å². The van der Waals surface area contributed by atoms with E-state index in [1.165, 1.54) is 17.5 Å². The monoisotopic (exact) mass is 406 g/mol. The van der Waals surface area contributed by atoms with Crippen LogP contribution in [0.3, 0.4) is 0 Å². The second-order valence-electron chi connectivity index (χ2n) is 8.40. The molecule has 0 radical (unpaired) electrons. The highest BCUT2D eigenvalue weighted by molar-refractivity contribution is 5.98. The number of ether oxygens (including phenoxy) is 1. The van der Waals surface area contributed by atoms with Gasteiger partial charge in [-0.15, -0.1) is 0 Å². The third-order valence-electron chi connectivity index (χ3n) is 6.29. The van der Waals surface area contributed by atoms with Gasteiger partial charge in [0.25, 0.3) is 5.91 Å². The summed E-state index contributed by atoms with van der Waals surface area (Å²) in [6, 6.07) is 16.3. The number of amides is 2. The number of anilines is 1. The molecule has 2 aromatic carbocycles. The van der Waals surface area contributed by atoms with Crippen molar-refractivity contribution in [3.05, 3.63) is 59.7 Å². The zero-order valence-electron chi connectivity index (χ0n) is 17.7. The summed E-state index contributed by atoms with van der Waals surface area (Å²) >= 11 is 0. The van der Waals surface area contributed by atoms with E-state index in [0.717, 1.165) is 38.0 Å². The van der Waals surface area contributed by atoms with Crippen LogP contribution in [0, 0.1) is 12.8 Å². The normalized spacial score (nSPS) is 16.9. The molecule has 5 nitrogen and oxygen atoms in total. The summed E-state index contributed by atoms with van der Waals surface area (Å²) in [4.78, 5) is 28.7. The maximum Gasteiger partial charge on any atom is 0.265 e. The number of fused-ring (bicyclic) bond motifs is 1. The van der Waals surface area contributed by atoms with Gasteiger partial charge in [-0.25, -0.2) is 0 Å². The standard InChI is InChI=1S/C25H30N2O3/c1-19-6-8-20(9-7-19)10-11-21-12-15-26(16-13-21)24(28)14-17-27-22-4-2-3-5-23(22)30-18-25(27)29/h2-9,21H,10-18H2,1H3. The molecule has 30 heavy (non-hydrogen) atoms. The molecule has 0 aliphatic carbocycles. The molecule has 0 spiro atoms. The van der Waals surface area contributed by atoms with E-state index in [1.807, 2.05) is 29.2 Å². The molecule has 0 bridgehead atoms. The van der Waals surface area contributed by atoms with Crippen LogP contribution < -0.4 is 9.64 Å². The minimum Gasteiger partial charge on any atom is -0.482 e. The van der Waals surface area contributed by atoms with E-state index in [9.17, 15) is 9.59 Å². The Kier molecular flexibility index (Phi) is 6.36. The summed E-state index contributed by atoms with van der Waals surface area (Å²) in [6.45, 7) is 4.21. The summed E-state index contributed by atoms with van der Waals surface area (Å²) in [6.07, 6.45) is 4.78. The number of hydrogen-bond donors (Lipinski definition) is 0. The third-order valence-corrected chi connectivity index (χ3v) is 6.29. The molecule has 2 aromatic rings. The van der Waals surface area contributed by atoms with E-state index in [1.54, 1.807) is 4.90 Å². The molecule has 0 aromatic heterocycles. The largest absolute Gasteiger partial charge is 0.482 e. The van der Waals surface area contributed by atoms with Crippen LogP contribution in [0.4, 0.5) is 5.69 Å². The number of benzene rings is 2. The van der Waals surface area contributed by atoms with E-state index in [2.05, 4.69) is 31.2 Å². The Morgan fingerprint density at radius 2 is 1.80 bits per heavy atom. The summed E-state index contributed by atoms with van der Waals surface area (Å²) in [7, 11) is 0. The van der Waals surface area contributed by atoms with E-state index < -0.39 is 0 Å². The van der Waals surface area contributed by atoms with Gasteiger partial charge in [-0.3, -0.25) is 9.59 Å². The van der Waals surface area contributed by atoms with E-state index in [4.69, 9.17) is 4.74 Å². The highest BCUT2D eigenvalue weighted by Gasteiger charge is 2.27. The molecule has 0 unspecified atom stereocenters. The SMILES string of the molecule is Cc1ccc(CCC2CCN(C(=O)CCN3C(=O)COc4ccccc43)CC2)cc1. The Balaban J connectivity index is 1.23. The predicted molar refractivity (Wildman–Crippen MR) is 118 cm³/mol. The number of aryl methyl sites for hydroxylation is 2. The van der Waals surface area contributed by atoms with Crippen LogP contribution in [-0.2, 0) is 16.0 Å². The lowest BCUT2D eigenvalue weighted by molar-refractivity contribution is -0.132. The highest BCUT2D eigenvalue weighted by Crippen LogP contribution is 2.31. The number of piperidine rings is 1. The van der Waals surface area contributed by atoms with Gasteiger partial charge in [0, 0.05) is 26.1 Å². The maximum absolute atomic E-state index is 12.7. The first-order chi connectivity index (χ1) is 14.6. The van der Waals surface area contributed by atoms with Crippen LogP contribution in [0.15, 0.2) is 48.5 Å². The van der Waals surface area contributed by atoms with Crippen molar-refractivity contribution in [2.75, 3.05) is 31.1 Å². The van der Waals surface area contributed by atoms with Gasteiger partial charge in [0.05, 0.1) is 5.69 Å². The van der Waals surface area contributed by atoms with Crippen LogP contribution in [0.2, 0.25) is 0 Å². The Morgan fingerprint density at radius 1 is 1.07 bits per heavy atom. The van der Waals surface area contributed by atoms with Crippen molar-refractivity contribution in [3.63, 3.8) is 0 Å². The fraction of sp³-hybridized carbons (Fsp3) is 0.440. The van der Waals surface area contributed by atoms with Gasteiger partial charge in [-0.2, -0.15) is 0 Å². The van der Waals surface area contributed by atoms with Gasteiger partial charge in [0.1, 0.15) is 5.75 Å². The van der Waals surface area contributed by atoms with E-state index in [0.29, 0.717) is 24.6 Å². The molecule has 2 aliphatic rings. The fourth-order valence-corrected chi connectivity index (χ4v) is 4.36. The second-order valence-corrected chi connectivity index (χ2v) is 8.40. The van der Waals surface area contributed by atoms with E-state index in [-0.39, 0.29) is 18.4 Å². The fourth-order valence-electron chi connectivity index (χ4n) is 4.36. The van der Waals surface area contributed by atoms with Crippen molar-refractivity contribution in [3.8, 4) is 5.75 Å². The lowest BCUT2D eigenvalue weighted by atomic mass is 9.90. The van der Waals surface area contributed by atoms with Gasteiger partial charge < -0.3 is 14.5 Å². The zero-order valence-corrected chi connectivity index (χ0v) is 17.7. The minimum atomic E-state index is -0.0867. The molecule has 1 saturated heterocycles. The van der Waals surface area contributed by atoms with Crippen molar-refractivity contribution in [1.82, 2.24) is 4.90 Å². The van der Waals surface area contributed by atoms with Gasteiger partial charge in [-0.1, -0.05) is 42.0 Å². The van der Waals surface area contributed by atoms with Crippen LogP contribution in [0.25, 0.3) is 0 Å². The Morgan fingerprint density at radius 3 is 2.57 bits per heavy atom. The predicted octanol–water partition coefficient (Wildman–Crippen LogP) is 3.98. The molecule has 2 heterocycles. The number of hydrogen-bond acceptors (Lipinski definition) is 3. The lowest BCUT2D eigenvalue weighted by Gasteiger charge is -2.33. The Hall–Kier alpha value is -2.82. The average Bonchev–Trinajstić information content (AvgIpc) is 2.78. The van der Waals surface area contributed by atoms with Crippen LogP contribution in [0.5, 0.6) is 5.75 Å². The van der Waals surface area contributed by atoms with Gasteiger partial charge in [-0.05, 0) is 56.2 Å². The quantitative estimate of drug-likeness (QED) is 0.729. The number of para-hydroxylation sites is 2. The number of rotatable bonds is 6. The van der Waals surface area contributed by atoms with Crippen molar-refractivity contribution < 1.29 is 14.3 Å². The minimum absolute atomic E-state index is 0.0393. The number of nitrogens with zero attached hydrogens (tertiary/aromatic N) is 2. The summed E-state index contributed by atoms with van der Waals surface area (Å²) in [5.74, 6) is 1.45. The first-order valence-electron chi connectivity index (χ1n) is 11.0. The molecule has 1 fully saturated rings. The smallest absolute Gasteiger partial charge is 0.265 e. The van der Waals surface area contributed by atoms with Gasteiger partial charge >= 0.3 is 0 Å². The molecular weight excluding hydrogens is 376 g/mol. The summed E-state index contributed by atoms with van der Waals surface area (Å²) < 4.78 is 5.48. The van der Waals surface area contributed by atoms with Gasteiger partial charge in [0.15, 0.2) is 6.61 Å². The molecule has 158 valence electrons. The first-order valence-corrected chi connectivity index (χ1v) is 11.0. The molecule has 2 amide bonds. The third kappa shape index (κ3) is 4.84. The highest BCUT2D eigenvalue weighted by atomic mass is 16.5. The molecule has 5 heteroatoms. The van der Waals surface area contributed by atoms with Crippen LogP contribution in [-0.4, -0.2) is 43.0 Å². The summed E-state index contributed by atoms with van der Waals surface area (Å²) in [5.41, 5.74) is 3.46. The van der Waals surface area contributed by atoms with Crippen molar-refractivity contribution >= 4 is 17.5 Å². The topological polar surface area (TPSA) is 49.9 Å². The Labute approximate surface area is 178 Å².